The molecule has 1 N–H and O–H groups in total. The third-order valence-corrected chi connectivity index (χ3v) is 4.12. The number of methoxy groups -OCH3 is 1. The summed E-state index contributed by atoms with van der Waals surface area (Å²) in [5.41, 5.74) is 3.88. The molecule has 0 bridgehead atoms. The summed E-state index contributed by atoms with van der Waals surface area (Å²) >= 11 is 0. The number of aryl methyl sites for hydroxylation is 1. The molecule has 1 aliphatic rings. The summed E-state index contributed by atoms with van der Waals surface area (Å²) in [4.78, 5) is 4.19. The lowest BCUT2D eigenvalue weighted by Gasteiger charge is -2.19. The van der Waals surface area contributed by atoms with E-state index in [9.17, 15) is 5.11 Å². The molecule has 1 aromatic heterocycles. The Morgan fingerprint density at radius 1 is 1.35 bits per heavy atom. The minimum atomic E-state index is -0.702. The van der Waals surface area contributed by atoms with E-state index in [1.54, 1.807) is 13.3 Å². The van der Waals surface area contributed by atoms with Crippen molar-refractivity contribution < 1.29 is 9.84 Å². The summed E-state index contributed by atoms with van der Waals surface area (Å²) < 4.78 is 7.59. The van der Waals surface area contributed by atoms with Gasteiger partial charge in [0.15, 0.2) is 0 Å². The molecular formula is C16H20N2O2. The lowest BCUT2D eigenvalue weighted by Crippen LogP contribution is -2.09. The van der Waals surface area contributed by atoms with Crippen LogP contribution in [0.4, 0.5) is 0 Å². The summed E-state index contributed by atoms with van der Waals surface area (Å²) in [6, 6.07) is 4.46. The summed E-state index contributed by atoms with van der Waals surface area (Å²) in [5, 5.41) is 10.7. The first-order valence-electron chi connectivity index (χ1n) is 6.97. The van der Waals surface area contributed by atoms with E-state index in [0.717, 1.165) is 28.1 Å². The van der Waals surface area contributed by atoms with Crippen molar-refractivity contribution >= 4 is 0 Å². The SMILES string of the molecule is COc1c(C(O)c2cncn2C2CC2)ccc(C)c1C. The van der Waals surface area contributed by atoms with Crippen LogP contribution in [0.5, 0.6) is 5.75 Å². The fourth-order valence-electron chi connectivity index (χ4n) is 2.64. The molecule has 0 spiro atoms. The third-order valence-electron chi connectivity index (χ3n) is 4.12. The predicted octanol–water partition coefficient (Wildman–Crippen LogP) is 2.93. The van der Waals surface area contributed by atoms with Crippen LogP contribution in [0.25, 0.3) is 0 Å². The molecule has 0 amide bonds. The fourth-order valence-corrected chi connectivity index (χ4v) is 2.64. The van der Waals surface area contributed by atoms with E-state index in [1.165, 1.54) is 12.8 Å². The Kier molecular flexibility index (Phi) is 3.26. The second-order valence-electron chi connectivity index (χ2n) is 5.49. The number of imidazole rings is 1. The first kappa shape index (κ1) is 13.2. The average molecular weight is 272 g/mol. The zero-order valence-corrected chi connectivity index (χ0v) is 12.1. The molecule has 1 heterocycles. The van der Waals surface area contributed by atoms with E-state index in [4.69, 9.17) is 4.74 Å². The Morgan fingerprint density at radius 2 is 2.10 bits per heavy atom. The molecule has 4 heteroatoms. The van der Waals surface area contributed by atoms with E-state index in [-0.39, 0.29) is 0 Å². The largest absolute Gasteiger partial charge is 0.496 e. The van der Waals surface area contributed by atoms with Crippen LogP contribution in [0.15, 0.2) is 24.7 Å². The van der Waals surface area contributed by atoms with Gasteiger partial charge in [-0.05, 0) is 37.8 Å². The molecule has 0 radical (unpaired) electrons. The Labute approximate surface area is 119 Å². The van der Waals surface area contributed by atoms with Crippen molar-refractivity contribution in [2.45, 2.75) is 38.8 Å². The van der Waals surface area contributed by atoms with Crippen LogP contribution in [-0.4, -0.2) is 21.8 Å². The number of aliphatic hydroxyl groups excluding tert-OH is 1. The number of nitrogens with zero attached hydrogens (tertiary/aromatic N) is 2. The molecule has 1 fully saturated rings. The molecule has 1 atom stereocenters. The van der Waals surface area contributed by atoms with Crippen LogP contribution < -0.4 is 4.74 Å². The molecule has 4 nitrogen and oxygen atoms in total. The first-order chi connectivity index (χ1) is 9.63. The minimum absolute atomic E-state index is 0.500. The van der Waals surface area contributed by atoms with Crippen LogP contribution in [0, 0.1) is 13.8 Å². The van der Waals surface area contributed by atoms with Crippen LogP contribution in [0.1, 0.15) is 47.4 Å². The Morgan fingerprint density at radius 3 is 2.75 bits per heavy atom. The number of aromatic nitrogens is 2. The van der Waals surface area contributed by atoms with Gasteiger partial charge in [-0.2, -0.15) is 0 Å². The molecule has 1 aliphatic carbocycles. The summed E-state index contributed by atoms with van der Waals surface area (Å²) in [5.74, 6) is 0.765. The van der Waals surface area contributed by atoms with Crippen molar-refractivity contribution in [1.82, 2.24) is 9.55 Å². The zero-order valence-electron chi connectivity index (χ0n) is 12.1. The Hall–Kier alpha value is -1.81. The predicted molar refractivity (Wildman–Crippen MR) is 77.0 cm³/mol. The van der Waals surface area contributed by atoms with Crippen molar-refractivity contribution in [3.8, 4) is 5.75 Å². The molecule has 0 saturated heterocycles. The second kappa shape index (κ2) is 4.94. The highest BCUT2D eigenvalue weighted by Crippen LogP contribution is 2.40. The van der Waals surface area contributed by atoms with Crippen LogP contribution in [0.3, 0.4) is 0 Å². The average Bonchev–Trinajstić information content (AvgIpc) is 3.18. The van der Waals surface area contributed by atoms with Gasteiger partial charge in [0.1, 0.15) is 11.9 Å². The molecule has 1 unspecified atom stereocenters. The summed E-state index contributed by atoms with van der Waals surface area (Å²) in [6.07, 6.45) is 5.19. The van der Waals surface area contributed by atoms with Gasteiger partial charge in [0.25, 0.3) is 0 Å². The standard InChI is InChI=1S/C16H20N2O2/c1-10-4-7-13(16(20-3)11(10)2)15(19)14-8-17-9-18(14)12-5-6-12/h4,7-9,12,15,19H,5-6H2,1-3H3. The summed E-state index contributed by atoms with van der Waals surface area (Å²) in [7, 11) is 1.65. The fraction of sp³-hybridized carbons (Fsp3) is 0.438. The van der Waals surface area contributed by atoms with Gasteiger partial charge in [-0.3, -0.25) is 0 Å². The topological polar surface area (TPSA) is 47.3 Å². The summed E-state index contributed by atoms with van der Waals surface area (Å²) in [6.45, 7) is 4.06. The molecule has 0 aliphatic heterocycles. The van der Waals surface area contributed by atoms with Gasteiger partial charge in [0.05, 0.1) is 25.3 Å². The van der Waals surface area contributed by atoms with Crippen molar-refractivity contribution in [2.75, 3.05) is 7.11 Å². The molecule has 3 rings (SSSR count). The highest BCUT2D eigenvalue weighted by molar-refractivity contribution is 5.48. The van der Waals surface area contributed by atoms with Crippen molar-refractivity contribution in [3.63, 3.8) is 0 Å². The van der Waals surface area contributed by atoms with Gasteiger partial charge >= 0.3 is 0 Å². The van der Waals surface area contributed by atoms with E-state index >= 15 is 0 Å². The van der Waals surface area contributed by atoms with Crippen LogP contribution >= 0.6 is 0 Å². The highest BCUT2D eigenvalue weighted by Gasteiger charge is 2.29. The zero-order chi connectivity index (χ0) is 14.3. The van der Waals surface area contributed by atoms with E-state index in [2.05, 4.69) is 9.55 Å². The Bertz CT molecular complexity index is 629. The van der Waals surface area contributed by atoms with Crippen LogP contribution in [0.2, 0.25) is 0 Å². The van der Waals surface area contributed by atoms with Crippen LogP contribution in [-0.2, 0) is 0 Å². The van der Waals surface area contributed by atoms with Gasteiger partial charge in [-0.25, -0.2) is 4.98 Å². The van der Waals surface area contributed by atoms with Gasteiger partial charge in [-0.1, -0.05) is 12.1 Å². The Balaban J connectivity index is 2.03. The number of ether oxygens (including phenoxy) is 1. The first-order valence-corrected chi connectivity index (χ1v) is 6.97. The molecule has 2 aromatic rings. The monoisotopic (exact) mass is 272 g/mol. The number of hydrogen-bond acceptors (Lipinski definition) is 3. The molecule has 1 aromatic carbocycles. The number of hydrogen-bond donors (Lipinski definition) is 1. The number of benzene rings is 1. The lowest BCUT2D eigenvalue weighted by atomic mass is 9.99. The highest BCUT2D eigenvalue weighted by atomic mass is 16.5. The van der Waals surface area contributed by atoms with E-state index in [0.29, 0.717) is 6.04 Å². The second-order valence-corrected chi connectivity index (χ2v) is 5.49. The quantitative estimate of drug-likeness (QED) is 0.931. The van der Waals surface area contributed by atoms with Crippen molar-refractivity contribution in [2.24, 2.45) is 0 Å². The maximum absolute atomic E-state index is 10.7. The van der Waals surface area contributed by atoms with Gasteiger partial charge in [0.2, 0.25) is 0 Å². The molecular weight excluding hydrogens is 252 g/mol. The maximum Gasteiger partial charge on any atom is 0.128 e. The molecule has 1 saturated carbocycles. The molecule has 106 valence electrons. The number of aliphatic hydroxyl groups is 1. The lowest BCUT2D eigenvalue weighted by molar-refractivity contribution is 0.204. The maximum atomic E-state index is 10.7. The van der Waals surface area contributed by atoms with Crippen molar-refractivity contribution in [1.29, 1.82) is 0 Å². The smallest absolute Gasteiger partial charge is 0.128 e. The number of rotatable bonds is 4. The van der Waals surface area contributed by atoms with E-state index in [1.807, 2.05) is 32.3 Å². The van der Waals surface area contributed by atoms with Gasteiger partial charge in [0, 0.05) is 11.6 Å². The molecule has 20 heavy (non-hydrogen) atoms. The minimum Gasteiger partial charge on any atom is -0.496 e. The normalized spacial score (nSPS) is 16.2. The van der Waals surface area contributed by atoms with Gasteiger partial charge < -0.3 is 14.4 Å². The van der Waals surface area contributed by atoms with Crippen molar-refractivity contribution in [3.05, 3.63) is 47.0 Å². The van der Waals surface area contributed by atoms with Gasteiger partial charge in [-0.15, -0.1) is 0 Å². The van der Waals surface area contributed by atoms with E-state index < -0.39 is 6.10 Å². The third kappa shape index (κ3) is 2.10.